The molecule has 14 heavy (non-hydrogen) atoms. The van der Waals surface area contributed by atoms with Gasteiger partial charge in [-0.15, -0.1) is 0 Å². The Bertz CT molecular complexity index is 314. The van der Waals surface area contributed by atoms with Crippen LogP contribution >= 0.6 is 0 Å². The molecular formula is C11H16FNO. The van der Waals surface area contributed by atoms with Crippen molar-refractivity contribution in [3.8, 4) is 0 Å². The fourth-order valence-electron chi connectivity index (χ4n) is 1.41. The van der Waals surface area contributed by atoms with Gasteiger partial charge in [-0.25, -0.2) is 4.39 Å². The van der Waals surface area contributed by atoms with E-state index in [2.05, 4.69) is 0 Å². The lowest BCUT2D eigenvalue weighted by molar-refractivity contribution is 0.0954. The van der Waals surface area contributed by atoms with Gasteiger partial charge in [-0.3, -0.25) is 0 Å². The highest BCUT2D eigenvalue weighted by atomic mass is 19.1. The zero-order valence-electron chi connectivity index (χ0n) is 8.75. The van der Waals surface area contributed by atoms with Gasteiger partial charge in [-0.05, 0) is 37.1 Å². The highest BCUT2D eigenvalue weighted by Gasteiger charge is 2.16. The van der Waals surface area contributed by atoms with E-state index in [4.69, 9.17) is 10.5 Å². The van der Waals surface area contributed by atoms with Crippen LogP contribution in [0.3, 0.4) is 0 Å². The Kier molecular flexibility index (Phi) is 3.61. The van der Waals surface area contributed by atoms with Crippen molar-refractivity contribution in [1.82, 2.24) is 0 Å². The van der Waals surface area contributed by atoms with E-state index in [1.54, 1.807) is 13.2 Å². The van der Waals surface area contributed by atoms with Gasteiger partial charge in [0.05, 0.1) is 12.1 Å². The van der Waals surface area contributed by atoms with Crippen LogP contribution in [0, 0.1) is 12.7 Å². The van der Waals surface area contributed by atoms with Crippen LogP contribution in [0.2, 0.25) is 0 Å². The number of aryl methyl sites for hydroxylation is 1. The smallest absolute Gasteiger partial charge is 0.123 e. The molecule has 1 aromatic carbocycles. The van der Waals surface area contributed by atoms with Gasteiger partial charge in [0.15, 0.2) is 0 Å². The third kappa shape index (κ3) is 2.30. The number of ether oxygens (including phenoxy) is 1. The fourth-order valence-corrected chi connectivity index (χ4v) is 1.41. The maximum absolute atomic E-state index is 12.8. The van der Waals surface area contributed by atoms with E-state index in [1.807, 2.05) is 13.8 Å². The number of hydrogen-bond acceptors (Lipinski definition) is 2. The highest BCUT2D eigenvalue weighted by Crippen LogP contribution is 2.20. The maximum Gasteiger partial charge on any atom is 0.123 e. The second-order valence-corrected chi connectivity index (χ2v) is 3.47. The summed E-state index contributed by atoms with van der Waals surface area (Å²) in [4.78, 5) is 0. The summed E-state index contributed by atoms with van der Waals surface area (Å²) in [7, 11) is 1.61. The third-order valence-corrected chi connectivity index (χ3v) is 2.47. The molecule has 2 N–H and O–H groups in total. The van der Waals surface area contributed by atoms with Crippen LogP contribution in [-0.2, 0) is 4.74 Å². The Morgan fingerprint density at radius 1 is 1.43 bits per heavy atom. The van der Waals surface area contributed by atoms with E-state index in [0.717, 1.165) is 11.1 Å². The standard InChI is InChI=1S/C11H16FNO/c1-7-6-9(12)4-5-10(7)11(13)8(2)14-3/h4-6,8,11H,13H2,1-3H3. The highest BCUT2D eigenvalue weighted by molar-refractivity contribution is 5.29. The number of hydrogen-bond donors (Lipinski definition) is 1. The molecule has 0 saturated heterocycles. The minimum atomic E-state index is -0.233. The largest absolute Gasteiger partial charge is 0.380 e. The second kappa shape index (κ2) is 4.53. The van der Waals surface area contributed by atoms with E-state index >= 15 is 0 Å². The van der Waals surface area contributed by atoms with Crippen molar-refractivity contribution in [2.45, 2.75) is 26.0 Å². The van der Waals surface area contributed by atoms with Crippen LogP contribution in [0.5, 0.6) is 0 Å². The molecule has 0 amide bonds. The molecule has 0 aromatic heterocycles. The molecule has 0 bridgehead atoms. The molecule has 0 aliphatic carbocycles. The van der Waals surface area contributed by atoms with Crippen molar-refractivity contribution in [1.29, 1.82) is 0 Å². The molecule has 0 spiro atoms. The second-order valence-electron chi connectivity index (χ2n) is 3.47. The van der Waals surface area contributed by atoms with E-state index in [-0.39, 0.29) is 18.0 Å². The summed E-state index contributed by atoms with van der Waals surface area (Å²) in [5, 5.41) is 0. The first-order valence-electron chi connectivity index (χ1n) is 4.60. The molecule has 0 aliphatic rings. The molecular weight excluding hydrogens is 181 g/mol. The predicted molar refractivity (Wildman–Crippen MR) is 54.5 cm³/mol. The average molecular weight is 197 g/mol. The monoisotopic (exact) mass is 197 g/mol. The Hall–Kier alpha value is -0.930. The summed E-state index contributed by atoms with van der Waals surface area (Å²) >= 11 is 0. The molecule has 0 heterocycles. The number of rotatable bonds is 3. The Morgan fingerprint density at radius 3 is 2.57 bits per heavy atom. The quantitative estimate of drug-likeness (QED) is 0.806. The molecule has 0 fully saturated rings. The zero-order chi connectivity index (χ0) is 10.7. The van der Waals surface area contributed by atoms with Crippen LogP contribution in [-0.4, -0.2) is 13.2 Å². The topological polar surface area (TPSA) is 35.2 Å². The summed E-state index contributed by atoms with van der Waals surface area (Å²) in [6.07, 6.45) is -0.0702. The maximum atomic E-state index is 12.8. The Labute approximate surface area is 83.9 Å². The van der Waals surface area contributed by atoms with Crippen molar-refractivity contribution in [3.05, 3.63) is 35.1 Å². The van der Waals surface area contributed by atoms with Gasteiger partial charge in [0.1, 0.15) is 5.82 Å². The van der Waals surface area contributed by atoms with E-state index in [1.165, 1.54) is 12.1 Å². The van der Waals surface area contributed by atoms with Crippen molar-refractivity contribution < 1.29 is 9.13 Å². The first kappa shape index (κ1) is 11.1. The van der Waals surface area contributed by atoms with E-state index in [0.29, 0.717) is 0 Å². The Morgan fingerprint density at radius 2 is 2.07 bits per heavy atom. The molecule has 0 radical (unpaired) electrons. The van der Waals surface area contributed by atoms with Gasteiger partial charge in [-0.2, -0.15) is 0 Å². The summed E-state index contributed by atoms with van der Waals surface area (Å²) in [6, 6.07) is 4.41. The van der Waals surface area contributed by atoms with Crippen molar-refractivity contribution in [2.24, 2.45) is 5.73 Å². The minimum absolute atomic E-state index is 0.0702. The van der Waals surface area contributed by atoms with Gasteiger partial charge in [0, 0.05) is 7.11 Å². The lowest BCUT2D eigenvalue weighted by Crippen LogP contribution is -2.25. The minimum Gasteiger partial charge on any atom is -0.380 e. The van der Waals surface area contributed by atoms with Crippen molar-refractivity contribution >= 4 is 0 Å². The van der Waals surface area contributed by atoms with Gasteiger partial charge < -0.3 is 10.5 Å². The summed E-state index contributed by atoms with van der Waals surface area (Å²) in [5.74, 6) is -0.233. The predicted octanol–water partition coefficient (Wildman–Crippen LogP) is 2.17. The third-order valence-electron chi connectivity index (χ3n) is 2.47. The molecule has 2 atom stereocenters. The average Bonchev–Trinajstić information content (AvgIpc) is 2.15. The Balaban J connectivity index is 2.95. The van der Waals surface area contributed by atoms with E-state index < -0.39 is 0 Å². The molecule has 0 aliphatic heterocycles. The molecule has 2 unspecified atom stereocenters. The first-order chi connectivity index (χ1) is 6.56. The van der Waals surface area contributed by atoms with Crippen LogP contribution in [0.25, 0.3) is 0 Å². The van der Waals surface area contributed by atoms with Crippen molar-refractivity contribution in [3.63, 3.8) is 0 Å². The number of benzene rings is 1. The SMILES string of the molecule is COC(C)C(N)c1ccc(F)cc1C. The normalized spacial score (nSPS) is 15.2. The van der Waals surface area contributed by atoms with Crippen LogP contribution in [0.4, 0.5) is 4.39 Å². The number of nitrogens with two attached hydrogens (primary N) is 1. The summed E-state index contributed by atoms with van der Waals surface area (Å²) < 4.78 is 18.0. The fraction of sp³-hybridized carbons (Fsp3) is 0.455. The number of methoxy groups -OCH3 is 1. The van der Waals surface area contributed by atoms with Crippen molar-refractivity contribution in [2.75, 3.05) is 7.11 Å². The van der Waals surface area contributed by atoms with E-state index in [9.17, 15) is 4.39 Å². The van der Waals surface area contributed by atoms with Gasteiger partial charge in [-0.1, -0.05) is 6.07 Å². The number of halogens is 1. The van der Waals surface area contributed by atoms with Crippen LogP contribution < -0.4 is 5.73 Å². The zero-order valence-corrected chi connectivity index (χ0v) is 8.75. The lowest BCUT2D eigenvalue weighted by Gasteiger charge is -2.20. The first-order valence-corrected chi connectivity index (χ1v) is 4.60. The summed E-state index contributed by atoms with van der Waals surface area (Å²) in [6.45, 7) is 3.74. The molecule has 0 saturated carbocycles. The van der Waals surface area contributed by atoms with Gasteiger partial charge >= 0.3 is 0 Å². The van der Waals surface area contributed by atoms with Crippen LogP contribution in [0.1, 0.15) is 24.1 Å². The van der Waals surface area contributed by atoms with Gasteiger partial charge in [0.2, 0.25) is 0 Å². The van der Waals surface area contributed by atoms with Gasteiger partial charge in [0.25, 0.3) is 0 Å². The molecule has 3 heteroatoms. The molecule has 1 rings (SSSR count). The lowest BCUT2D eigenvalue weighted by atomic mass is 9.98. The summed E-state index contributed by atoms with van der Waals surface area (Å²) in [5.41, 5.74) is 7.75. The molecule has 78 valence electrons. The molecule has 1 aromatic rings. The molecule has 2 nitrogen and oxygen atoms in total. The van der Waals surface area contributed by atoms with Crippen LogP contribution in [0.15, 0.2) is 18.2 Å².